The smallest absolute Gasteiger partial charge is 0.224 e. The molecule has 188 valence electrons. The Morgan fingerprint density at radius 1 is 0.889 bits per heavy atom. The number of carbonyl (C=O) groups excluding carboxylic acids is 1. The zero-order valence-corrected chi connectivity index (χ0v) is 21.5. The van der Waals surface area contributed by atoms with Gasteiger partial charge in [0.15, 0.2) is 0 Å². The summed E-state index contributed by atoms with van der Waals surface area (Å²) in [6.45, 7) is 6.48. The van der Waals surface area contributed by atoms with Crippen LogP contribution >= 0.6 is 0 Å². The second-order valence-electron chi connectivity index (χ2n) is 9.52. The molecule has 4 rings (SSSR count). The molecular formula is C31H37N3O2. The van der Waals surface area contributed by atoms with Crippen LogP contribution in [0.4, 0.5) is 0 Å². The minimum atomic E-state index is 0.0889. The minimum Gasteiger partial charge on any atom is -0.494 e. The monoisotopic (exact) mass is 483 g/mol. The van der Waals surface area contributed by atoms with Crippen LogP contribution in [0, 0.1) is 13.8 Å². The second kappa shape index (κ2) is 12.9. The lowest BCUT2D eigenvalue weighted by atomic mass is 10.1. The molecule has 1 aromatic heterocycles. The molecule has 0 aliphatic rings. The molecule has 0 bridgehead atoms. The molecule has 0 fully saturated rings. The van der Waals surface area contributed by atoms with E-state index in [0.29, 0.717) is 13.0 Å². The summed E-state index contributed by atoms with van der Waals surface area (Å²) in [7, 11) is 0. The average molecular weight is 484 g/mol. The lowest BCUT2D eigenvalue weighted by Crippen LogP contribution is -2.26. The van der Waals surface area contributed by atoms with Gasteiger partial charge in [0, 0.05) is 19.5 Å². The first-order chi connectivity index (χ1) is 17.6. The van der Waals surface area contributed by atoms with E-state index in [-0.39, 0.29) is 5.91 Å². The van der Waals surface area contributed by atoms with Gasteiger partial charge in [-0.3, -0.25) is 4.79 Å². The Morgan fingerprint density at radius 2 is 1.64 bits per heavy atom. The number of carbonyl (C=O) groups is 1. The van der Waals surface area contributed by atoms with Gasteiger partial charge in [-0.1, -0.05) is 55.0 Å². The van der Waals surface area contributed by atoms with Gasteiger partial charge in [0.25, 0.3) is 0 Å². The van der Waals surface area contributed by atoms with Crippen LogP contribution in [0.5, 0.6) is 5.75 Å². The third-order valence-corrected chi connectivity index (χ3v) is 6.33. The fourth-order valence-corrected chi connectivity index (χ4v) is 4.65. The number of unbranched alkanes of at least 4 members (excludes halogenated alkanes) is 2. The molecular weight excluding hydrogens is 446 g/mol. The van der Waals surface area contributed by atoms with E-state index in [2.05, 4.69) is 60.1 Å². The van der Waals surface area contributed by atoms with E-state index in [1.54, 1.807) is 0 Å². The van der Waals surface area contributed by atoms with Crippen molar-refractivity contribution in [3.8, 4) is 5.75 Å². The fourth-order valence-electron chi connectivity index (χ4n) is 4.65. The fraction of sp³-hybridized carbons (Fsp3) is 0.355. The molecule has 5 nitrogen and oxygen atoms in total. The Kier molecular flexibility index (Phi) is 9.15. The molecule has 0 aliphatic carbocycles. The van der Waals surface area contributed by atoms with E-state index in [4.69, 9.17) is 9.72 Å². The molecule has 0 spiro atoms. The summed E-state index contributed by atoms with van der Waals surface area (Å²) < 4.78 is 8.38. The van der Waals surface area contributed by atoms with E-state index in [1.165, 1.54) is 16.6 Å². The Morgan fingerprint density at radius 3 is 2.44 bits per heavy atom. The van der Waals surface area contributed by atoms with Crippen molar-refractivity contribution in [1.82, 2.24) is 14.9 Å². The van der Waals surface area contributed by atoms with E-state index < -0.39 is 0 Å². The molecule has 4 aromatic rings. The SMILES string of the molecule is Cc1cc(C)cc(OCCCn2c(CCCCCNC(=O)Cc3ccccc3)nc3ccccc32)c1. The molecule has 36 heavy (non-hydrogen) atoms. The van der Waals surface area contributed by atoms with Crippen LogP contribution in [-0.4, -0.2) is 28.6 Å². The number of fused-ring (bicyclic) bond motifs is 1. The number of amides is 1. The van der Waals surface area contributed by atoms with Crippen LogP contribution < -0.4 is 10.1 Å². The molecule has 0 aliphatic heterocycles. The van der Waals surface area contributed by atoms with Gasteiger partial charge in [0.1, 0.15) is 11.6 Å². The molecule has 0 atom stereocenters. The number of hydrogen-bond donors (Lipinski definition) is 1. The van der Waals surface area contributed by atoms with Crippen LogP contribution in [0.15, 0.2) is 72.8 Å². The lowest BCUT2D eigenvalue weighted by molar-refractivity contribution is -0.120. The van der Waals surface area contributed by atoms with E-state index in [1.807, 2.05) is 36.4 Å². The quantitative estimate of drug-likeness (QED) is 0.231. The van der Waals surface area contributed by atoms with Gasteiger partial charge in [0.05, 0.1) is 24.1 Å². The van der Waals surface area contributed by atoms with Crippen molar-refractivity contribution < 1.29 is 9.53 Å². The largest absolute Gasteiger partial charge is 0.494 e. The van der Waals surface area contributed by atoms with Gasteiger partial charge in [-0.25, -0.2) is 4.98 Å². The maximum Gasteiger partial charge on any atom is 0.224 e. The third-order valence-electron chi connectivity index (χ3n) is 6.33. The molecule has 0 radical (unpaired) electrons. The van der Waals surface area contributed by atoms with Crippen LogP contribution in [-0.2, 0) is 24.2 Å². The van der Waals surface area contributed by atoms with Gasteiger partial charge in [-0.2, -0.15) is 0 Å². The molecule has 1 heterocycles. The van der Waals surface area contributed by atoms with E-state index in [9.17, 15) is 4.79 Å². The lowest BCUT2D eigenvalue weighted by Gasteiger charge is -2.11. The van der Waals surface area contributed by atoms with Crippen LogP contribution in [0.2, 0.25) is 0 Å². The Balaban J connectivity index is 1.22. The second-order valence-corrected chi connectivity index (χ2v) is 9.52. The highest BCUT2D eigenvalue weighted by Crippen LogP contribution is 2.20. The number of aromatic nitrogens is 2. The number of rotatable bonds is 13. The molecule has 0 unspecified atom stereocenters. The predicted molar refractivity (Wildman–Crippen MR) is 146 cm³/mol. The standard InChI is InChI=1S/C31H37N3O2/c1-24-20-25(2)22-27(21-24)36-19-11-18-34-29-15-9-8-14-28(29)33-30(34)16-7-4-10-17-32-31(35)23-26-12-5-3-6-13-26/h3,5-6,8-9,12-15,20-22H,4,7,10-11,16-19,23H2,1-2H3,(H,32,35). The maximum atomic E-state index is 12.1. The maximum absolute atomic E-state index is 12.1. The number of nitrogens with one attached hydrogen (secondary N) is 1. The number of imidazole rings is 1. The average Bonchev–Trinajstić information content (AvgIpc) is 3.21. The van der Waals surface area contributed by atoms with E-state index >= 15 is 0 Å². The highest BCUT2D eigenvalue weighted by atomic mass is 16.5. The van der Waals surface area contributed by atoms with E-state index in [0.717, 1.165) is 67.8 Å². The zero-order valence-electron chi connectivity index (χ0n) is 21.5. The molecule has 1 amide bonds. The summed E-state index contributed by atoms with van der Waals surface area (Å²) in [6.07, 6.45) is 5.39. The van der Waals surface area contributed by atoms with Gasteiger partial charge in [-0.05, 0) is 74.1 Å². The Labute approximate surface area is 214 Å². The first-order valence-corrected chi connectivity index (χ1v) is 13.0. The van der Waals surface area contributed by atoms with Gasteiger partial charge in [0.2, 0.25) is 5.91 Å². The third kappa shape index (κ3) is 7.45. The van der Waals surface area contributed by atoms with Crippen molar-refractivity contribution in [1.29, 1.82) is 0 Å². The molecule has 0 saturated carbocycles. The molecule has 3 aromatic carbocycles. The van der Waals surface area contributed by atoms with Crippen LogP contribution in [0.3, 0.4) is 0 Å². The van der Waals surface area contributed by atoms with Gasteiger partial charge >= 0.3 is 0 Å². The Hall–Kier alpha value is -3.60. The number of ether oxygens (including phenoxy) is 1. The number of aryl methyl sites for hydroxylation is 4. The molecule has 1 N–H and O–H groups in total. The number of hydrogen-bond acceptors (Lipinski definition) is 3. The van der Waals surface area contributed by atoms with Crippen molar-refractivity contribution in [3.63, 3.8) is 0 Å². The molecule has 0 saturated heterocycles. The first-order valence-electron chi connectivity index (χ1n) is 13.0. The van der Waals surface area contributed by atoms with Crippen molar-refractivity contribution in [3.05, 3.63) is 95.3 Å². The zero-order chi connectivity index (χ0) is 25.2. The van der Waals surface area contributed by atoms with Crippen LogP contribution in [0.1, 0.15) is 48.2 Å². The Bertz CT molecular complexity index is 1240. The van der Waals surface area contributed by atoms with Crippen LogP contribution in [0.25, 0.3) is 11.0 Å². The molecule has 5 heteroatoms. The van der Waals surface area contributed by atoms with Crippen molar-refractivity contribution in [2.75, 3.05) is 13.2 Å². The summed E-state index contributed by atoms with van der Waals surface area (Å²) in [6, 6.07) is 24.6. The summed E-state index contributed by atoms with van der Waals surface area (Å²) in [5, 5.41) is 3.04. The number of nitrogens with zero attached hydrogens (tertiary/aromatic N) is 2. The van der Waals surface area contributed by atoms with Crippen molar-refractivity contribution in [2.45, 2.75) is 58.9 Å². The highest BCUT2D eigenvalue weighted by molar-refractivity contribution is 5.78. The minimum absolute atomic E-state index is 0.0889. The number of para-hydroxylation sites is 2. The summed E-state index contributed by atoms with van der Waals surface area (Å²) >= 11 is 0. The number of benzene rings is 3. The normalized spacial score (nSPS) is 11.1. The van der Waals surface area contributed by atoms with Crippen molar-refractivity contribution in [2.24, 2.45) is 0 Å². The predicted octanol–water partition coefficient (Wildman–Crippen LogP) is 6.19. The van der Waals surface area contributed by atoms with Gasteiger partial charge < -0.3 is 14.6 Å². The summed E-state index contributed by atoms with van der Waals surface area (Å²) in [5.74, 6) is 2.17. The van der Waals surface area contributed by atoms with Gasteiger partial charge in [-0.15, -0.1) is 0 Å². The van der Waals surface area contributed by atoms with Crippen molar-refractivity contribution >= 4 is 16.9 Å². The summed E-state index contributed by atoms with van der Waals surface area (Å²) in [4.78, 5) is 17.0. The first kappa shape index (κ1) is 25.5. The topological polar surface area (TPSA) is 56.1 Å². The highest BCUT2D eigenvalue weighted by Gasteiger charge is 2.10. The summed E-state index contributed by atoms with van der Waals surface area (Å²) in [5.41, 5.74) is 5.74.